The Kier molecular flexibility index (Phi) is 6.25. The van der Waals surface area contributed by atoms with Crippen LogP contribution in [0.1, 0.15) is 23.6 Å². The van der Waals surface area contributed by atoms with E-state index in [1.165, 1.54) is 23.1 Å². The second-order valence-electron chi connectivity index (χ2n) is 7.25. The van der Waals surface area contributed by atoms with E-state index in [0.29, 0.717) is 29.1 Å². The molecule has 1 atom stereocenters. The van der Waals surface area contributed by atoms with E-state index in [9.17, 15) is 19.8 Å². The molecule has 1 aliphatic rings. The Morgan fingerprint density at radius 2 is 1.86 bits per heavy atom. The van der Waals surface area contributed by atoms with Gasteiger partial charge in [-0.1, -0.05) is 35.9 Å². The predicted octanol–water partition coefficient (Wildman–Crippen LogP) is 3.42. The first kappa shape index (κ1) is 20.9. The van der Waals surface area contributed by atoms with E-state index in [4.69, 9.17) is 11.6 Å². The fourth-order valence-electron chi connectivity index (χ4n) is 3.50. The smallest absolute Gasteiger partial charge is 0.295 e. The van der Waals surface area contributed by atoms with E-state index >= 15 is 0 Å². The number of aliphatic hydroxyl groups excluding tert-OH is 1. The van der Waals surface area contributed by atoms with Crippen LogP contribution in [0.25, 0.3) is 5.76 Å². The summed E-state index contributed by atoms with van der Waals surface area (Å²) in [5.74, 6) is -1.68. The summed E-state index contributed by atoms with van der Waals surface area (Å²) in [7, 11) is 3.86. The van der Waals surface area contributed by atoms with Crippen molar-refractivity contribution in [1.29, 1.82) is 0 Å². The van der Waals surface area contributed by atoms with Crippen LogP contribution in [0.3, 0.4) is 0 Å². The van der Waals surface area contributed by atoms with Crippen molar-refractivity contribution in [1.82, 2.24) is 9.80 Å². The summed E-state index contributed by atoms with van der Waals surface area (Å²) in [6, 6.07) is 12.1. The van der Waals surface area contributed by atoms with Gasteiger partial charge in [-0.05, 0) is 56.9 Å². The summed E-state index contributed by atoms with van der Waals surface area (Å²) in [5, 5.41) is 21.2. The van der Waals surface area contributed by atoms with Crippen molar-refractivity contribution in [3.8, 4) is 5.75 Å². The Morgan fingerprint density at radius 3 is 2.52 bits per heavy atom. The van der Waals surface area contributed by atoms with Crippen molar-refractivity contribution in [3.05, 3.63) is 70.3 Å². The van der Waals surface area contributed by atoms with E-state index < -0.39 is 17.7 Å². The van der Waals surface area contributed by atoms with Gasteiger partial charge >= 0.3 is 0 Å². The summed E-state index contributed by atoms with van der Waals surface area (Å²) < 4.78 is 0. The molecule has 29 heavy (non-hydrogen) atoms. The van der Waals surface area contributed by atoms with Gasteiger partial charge in [0, 0.05) is 17.1 Å². The van der Waals surface area contributed by atoms with E-state index in [2.05, 4.69) is 0 Å². The number of phenolic OH excluding ortho intramolecular Hbond substituents is 1. The zero-order valence-corrected chi connectivity index (χ0v) is 17.1. The number of amides is 1. The summed E-state index contributed by atoms with van der Waals surface area (Å²) >= 11 is 6.03. The van der Waals surface area contributed by atoms with Crippen molar-refractivity contribution in [2.75, 3.05) is 27.2 Å². The Balaban J connectivity index is 2.10. The van der Waals surface area contributed by atoms with Crippen LogP contribution in [0, 0.1) is 0 Å². The molecule has 0 bridgehead atoms. The first-order valence-electron chi connectivity index (χ1n) is 9.27. The lowest BCUT2D eigenvalue weighted by Crippen LogP contribution is -2.32. The number of aromatic hydroxyl groups is 1. The highest BCUT2D eigenvalue weighted by atomic mass is 35.5. The largest absolute Gasteiger partial charge is 0.508 e. The van der Waals surface area contributed by atoms with Gasteiger partial charge in [-0.15, -0.1) is 0 Å². The molecule has 7 heteroatoms. The molecule has 0 spiro atoms. The number of carbonyl (C=O) groups is 2. The maximum Gasteiger partial charge on any atom is 0.295 e. The maximum absolute atomic E-state index is 12.9. The van der Waals surface area contributed by atoms with Crippen molar-refractivity contribution in [2.24, 2.45) is 0 Å². The monoisotopic (exact) mass is 414 g/mol. The summed E-state index contributed by atoms with van der Waals surface area (Å²) in [5.41, 5.74) is 0.902. The average molecular weight is 415 g/mol. The van der Waals surface area contributed by atoms with Gasteiger partial charge in [-0.2, -0.15) is 0 Å². The highest BCUT2D eigenvalue weighted by Gasteiger charge is 2.45. The first-order valence-corrected chi connectivity index (χ1v) is 9.65. The molecule has 0 saturated carbocycles. The normalized spacial score (nSPS) is 18.6. The van der Waals surface area contributed by atoms with E-state index in [1.807, 2.05) is 19.0 Å². The molecule has 2 N–H and O–H groups in total. The van der Waals surface area contributed by atoms with E-state index in [0.717, 1.165) is 6.54 Å². The highest BCUT2D eigenvalue weighted by Crippen LogP contribution is 2.40. The van der Waals surface area contributed by atoms with Gasteiger partial charge in [-0.3, -0.25) is 9.59 Å². The van der Waals surface area contributed by atoms with Crippen LogP contribution in [-0.4, -0.2) is 58.9 Å². The molecule has 1 fully saturated rings. The van der Waals surface area contributed by atoms with Crippen LogP contribution < -0.4 is 0 Å². The van der Waals surface area contributed by atoms with Crippen molar-refractivity contribution >= 4 is 29.1 Å². The van der Waals surface area contributed by atoms with Gasteiger partial charge in [0.1, 0.15) is 11.5 Å². The summed E-state index contributed by atoms with van der Waals surface area (Å²) in [6.45, 7) is 1.08. The molecule has 6 nitrogen and oxygen atoms in total. The fourth-order valence-corrected chi connectivity index (χ4v) is 3.69. The molecule has 1 aliphatic heterocycles. The molecule has 1 saturated heterocycles. The number of likely N-dealkylation sites (tertiary alicyclic amines) is 1. The lowest BCUT2D eigenvalue weighted by Gasteiger charge is -2.26. The van der Waals surface area contributed by atoms with Crippen molar-refractivity contribution in [2.45, 2.75) is 12.5 Å². The number of phenols is 1. The number of carbonyl (C=O) groups excluding carboxylic acids is 2. The van der Waals surface area contributed by atoms with Crippen molar-refractivity contribution < 1.29 is 19.8 Å². The zero-order valence-electron chi connectivity index (χ0n) is 16.3. The Hall–Kier alpha value is -2.83. The van der Waals surface area contributed by atoms with Crippen LogP contribution in [0.2, 0.25) is 5.02 Å². The minimum Gasteiger partial charge on any atom is -0.508 e. The molecule has 1 unspecified atom stereocenters. The van der Waals surface area contributed by atoms with Crippen LogP contribution in [0.15, 0.2) is 54.1 Å². The number of rotatable bonds is 6. The molecular formula is C22H23ClN2O4. The molecule has 3 rings (SSSR count). The van der Waals surface area contributed by atoms with Crippen LogP contribution in [-0.2, 0) is 9.59 Å². The molecule has 152 valence electrons. The molecule has 0 aromatic heterocycles. The number of halogens is 1. The van der Waals surface area contributed by atoms with Gasteiger partial charge in [0.05, 0.1) is 11.6 Å². The third-order valence-corrected chi connectivity index (χ3v) is 5.06. The second kappa shape index (κ2) is 8.68. The molecule has 0 aliphatic carbocycles. The third kappa shape index (κ3) is 4.44. The van der Waals surface area contributed by atoms with Gasteiger partial charge in [0.2, 0.25) is 0 Å². The number of nitrogens with zero attached hydrogens (tertiary/aromatic N) is 2. The lowest BCUT2D eigenvalue weighted by molar-refractivity contribution is -0.139. The van der Waals surface area contributed by atoms with Gasteiger partial charge in [0.25, 0.3) is 11.7 Å². The minimum atomic E-state index is -0.789. The Morgan fingerprint density at radius 1 is 1.14 bits per heavy atom. The minimum absolute atomic E-state index is 0.00674. The fraction of sp³-hybridized carbons (Fsp3) is 0.273. The molecule has 0 radical (unpaired) electrons. The second-order valence-corrected chi connectivity index (χ2v) is 7.69. The Bertz CT molecular complexity index is 971. The van der Waals surface area contributed by atoms with Crippen LogP contribution >= 0.6 is 11.6 Å². The Labute approximate surface area is 174 Å². The van der Waals surface area contributed by atoms with Crippen LogP contribution in [0.4, 0.5) is 0 Å². The quantitative estimate of drug-likeness (QED) is 0.430. The number of Topliss-reactive ketones (excluding diaryl/α,β-unsaturated/α-hetero) is 1. The number of hydrogen-bond acceptors (Lipinski definition) is 5. The van der Waals surface area contributed by atoms with Gasteiger partial charge in [0.15, 0.2) is 0 Å². The molecule has 1 heterocycles. The van der Waals surface area contributed by atoms with Gasteiger partial charge in [-0.25, -0.2) is 0 Å². The number of ketones is 1. The highest BCUT2D eigenvalue weighted by molar-refractivity contribution is 6.46. The standard InChI is InChI=1S/C22H23ClN2O4/c1-24(2)10-5-11-25-19(14-6-4-9-17(26)13-14)18(21(28)22(25)29)20(27)15-7-3-8-16(23)12-15/h3-4,6-9,12-13,19,26-27H,5,10-11H2,1-2H3/b20-18-. The maximum atomic E-state index is 12.9. The predicted molar refractivity (Wildman–Crippen MR) is 112 cm³/mol. The third-order valence-electron chi connectivity index (χ3n) is 4.83. The van der Waals surface area contributed by atoms with E-state index in [1.54, 1.807) is 30.3 Å². The topological polar surface area (TPSA) is 81.1 Å². The molecule has 2 aromatic rings. The average Bonchev–Trinajstić information content (AvgIpc) is 2.92. The van der Waals surface area contributed by atoms with E-state index in [-0.39, 0.29) is 17.1 Å². The summed E-state index contributed by atoms with van der Waals surface area (Å²) in [6.07, 6.45) is 0.659. The SMILES string of the molecule is CN(C)CCCN1C(=O)C(=O)/C(=C(\O)c2cccc(Cl)c2)C1c1cccc(O)c1. The number of hydrogen-bond donors (Lipinski definition) is 2. The van der Waals surface area contributed by atoms with Gasteiger partial charge < -0.3 is 20.0 Å². The number of aliphatic hydroxyl groups is 1. The zero-order chi connectivity index (χ0) is 21.1. The lowest BCUT2D eigenvalue weighted by atomic mass is 9.95. The molecular weight excluding hydrogens is 392 g/mol. The molecule has 1 amide bonds. The molecule has 2 aromatic carbocycles. The van der Waals surface area contributed by atoms with Crippen molar-refractivity contribution in [3.63, 3.8) is 0 Å². The first-order chi connectivity index (χ1) is 13.8. The van der Waals surface area contributed by atoms with Crippen LogP contribution in [0.5, 0.6) is 5.75 Å². The number of benzene rings is 2. The summed E-state index contributed by atoms with van der Waals surface area (Å²) in [4.78, 5) is 29.1.